The second-order valence-corrected chi connectivity index (χ2v) is 7.76. The third-order valence-electron chi connectivity index (χ3n) is 4.66. The highest BCUT2D eigenvalue weighted by molar-refractivity contribution is 7.09. The van der Waals surface area contributed by atoms with Gasteiger partial charge in [-0.2, -0.15) is 0 Å². The van der Waals surface area contributed by atoms with Crippen molar-refractivity contribution < 1.29 is 19.1 Å². The predicted molar refractivity (Wildman–Crippen MR) is 96.6 cm³/mol. The summed E-state index contributed by atoms with van der Waals surface area (Å²) in [4.78, 5) is 28.0. The topological polar surface area (TPSA) is 79.3 Å². The highest BCUT2D eigenvalue weighted by Crippen LogP contribution is 2.32. The van der Waals surface area contributed by atoms with Crippen LogP contribution in [0.5, 0.6) is 0 Å². The van der Waals surface area contributed by atoms with E-state index in [0.29, 0.717) is 25.0 Å². The Bertz CT molecular complexity index is 782. The van der Waals surface area contributed by atoms with Crippen molar-refractivity contribution in [2.45, 2.75) is 50.5 Å². The molecule has 0 radical (unpaired) electrons. The lowest BCUT2D eigenvalue weighted by molar-refractivity contribution is -0.139. The number of carboxylic acids is 1. The number of hydrogen-bond acceptors (Lipinski definition) is 4. The zero-order chi connectivity index (χ0) is 18.6. The van der Waals surface area contributed by atoms with Gasteiger partial charge in [0, 0.05) is 11.8 Å². The summed E-state index contributed by atoms with van der Waals surface area (Å²) in [6.07, 6.45) is 3.98. The molecule has 1 aliphatic rings. The fourth-order valence-corrected chi connectivity index (χ4v) is 4.31. The van der Waals surface area contributed by atoms with E-state index < -0.39 is 11.5 Å². The number of benzene rings is 1. The molecule has 7 heteroatoms. The number of amides is 1. The standard InChI is InChI=1S/C19H21FN2O3S/c20-14-5-3-13(4-6-14)9-17-21-15(12-26-17)10-16(23)22-19(11-18(24)25)7-1-2-8-19/h3-6,12H,1-2,7-11H2,(H,22,23)(H,24,25). The smallest absolute Gasteiger partial charge is 0.305 e. The predicted octanol–water partition coefficient (Wildman–Crippen LogP) is 3.32. The van der Waals surface area contributed by atoms with Crippen LogP contribution in [0.2, 0.25) is 0 Å². The highest BCUT2D eigenvalue weighted by atomic mass is 32.1. The maximum Gasteiger partial charge on any atom is 0.305 e. The number of halogens is 1. The lowest BCUT2D eigenvalue weighted by Gasteiger charge is -2.28. The van der Waals surface area contributed by atoms with Gasteiger partial charge in [-0.25, -0.2) is 9.37 Å². The van der Waals surface area contributed by atoms with Crippen LogP contribution in [-0.2, 0) is 22.4 Å². The summed E-state index contributed by atoms with van der Waals surface area (Å²) in [5.41, 5.74) is 1.02. The molecule has 0 aliphatic heterocycles. The average Bonchev–Trinajstić information content (AvgIpc) is 3.19. The van der Waals surface area contributed by atoms with Crippen molar-refractivity contribution in [1.82, 2.24) is 10.3 Å². The maximum atomic E-state index is 13.0. The molecule has 138 valence electrons. The lowest BCUT2D eigenvalue weighted by atomic mass is 9.93. The second-order valence-electron chi connectivity index (χ2n) is 6.82. The molecule has 3 rings (SSSR count). The van der Waals surface area contributed by atoms with E-state index in [1.54, 1.807) is 12.1 Å². The fourth-order valence-electron chi connectivity index (χ4n) is 3.48. The van der Waals surface area contributed by atoms with Gasteiger partial charge >= 0.3 is 5.97 Å². The van der Waals surface area contributed by atoms with Gasteiger partial charge in [0.2, 0.25) is 5.91 Å². The van der Waals surface area contributed by atoms with E-state index >= 15 is 0 Å². The van der Waals surface area contributed by atoms with Gasteiger partial charge in [-0.3, -0.25) is 9.59 Å². The largest absolute Gasteiger partial charge is 0.481 e. The summed E-state index contributed by atoms with van der Waals surface area (Å²) in [5.74, 6) is -1.35. The molecule has 0 unspecified atom stereocenters. The highest BCUT2D eigenvalue weighted by Gasteiger charge is 2.37. The molecule has 2 N–H and O–H groups in total. The molecule has 1 aliphatic carbocycles. The van der Waals surface area contributed by atoms with E-state index in [2.05, 4.69) is 10.3 Å². The Balaban J connectivity index is 1.58. The SMILES string of the molecule is O=C(O)CC1(NC(=O)Cc2csc(Cc3ccc(F)cc3)n2)CCCC1. The maximum absolute atomic E-state index is 13.0. The van der Waals surface area contributed by atoms with Crippen LogP contribution >= 0.6 is 11.3 Å². The first-order chi connectivity index (χ1) is 12.4. The lowest BCUT2D eigenvalue weighted by Crippen LogP contribution is -2.48. The summed E-state index contributed by atoms with van der Waals surface area (Å²) in [7, 11) is 0. The number of nitrogens with zero attached hydrogens (tertiary/aromatic N) is 1. The van der Waals surface area contributed by atoms with Crippen molar-refractivity contribution >= 4 is 23.2 Å². The first kappa shape index (κ1) is 18.5. The molecule has 1 amide bonds. The van der Waals surface area contributed by atoms with Gasteiger partial charge in [0.25, 0.3) is 0 Å². The minimum atomic E-state index is -0.887. The van der Waals surface area contributed by atoms with Crippen LogP contribution in [-0.4, -0.2) is 27.5 Å². The molecule has 0 bridgehead atoms. The van der Waals surface area contributed by atoms with E-state index in [0.717, 1.165) is 23.4 Å². The summed E-state index contributed by atoms with van der Waals surface area (Å²) < 4.78 is 13.0. The Hall–Kier alpha value is -2.28. The van der Waals surface area contributed by atoms with Gasteiger partial charge in [0.15, 0.2) is 0 Å². The number of nitrogens with one attached hydrogen (secondary N) is 1. The summed E-state index contributed by atoms with van der Waals surface area (Å²) in [6.45, 7) is 0. The van der Waals surface area contributed by atoms with Crippen molar-refractivity contribution in [1.29, 1.82) is 0 Å². The van der Waals surface area contributed by atoms with Crippen LogP contribution in [0.4, 0.5) is 4.39 Å². The number of rotatable bonds is 7. The molecule has 0 atom stereocenters. The quantitative estimate of drug-likeness (QED) is 0.777. The molecule has 0 spiro atoms. The van der Waals surface area contributed by atoms with Gasteiger partial charge in [0.05, 0.1) is 29.1 Å². The molecular formula is C19H21FN2O3S. The van der Waals surface area contributed by atoms with E-state index in [1.807, 2.05) is 5.38 Å². The average molecular weight is 376 g/mol. The molecule has 1 fully saturated rings. The minimum absolute atomic E-state index is 0.0361. The van der Waals surface area contributed by atoms with E-state index in [1.165, 1.54) is 23.5 Å². The second kappa shape index (κ2) is 7.95. The Morgan fingerprint density at radius 1 is 1.23 bits per heavy atom. The molecular weight excluding hydrogens is 355 g/mol. The van der Waals surface area contributed by atoms with Gasteiger partial charge < -0.3 is 10.4 Å². The van der Waals surface area contributed by atoms with Crippen molar-refractivity contribution in [3.05, 3.63) is 51.7 Å². The van der Waals surface area contributed by atoms with Crippen molar-refractivity contribution in [3.63, 3.8) is 0 Å². The van der Waals surface area contributed by atoms with Gasteiger partial charge in [0.1, 0.15) is 5.82 Å². The molecule has 1 heterocycles. The van der Waals surface area contributed by atoms with Crippen LogP contribution in [0.1, 0.15) is 48.4 Å². The summed E-state index contributed by atoms with van der Waals surface area (Å²) >= 11 is 1.46. The molecule has 26 heavy (non-hydrogen) atoms. The van der Waals surface area contributed by atoms with E-state index in [-0.39, 0.29) is 24.6 Å². The number of aliphatic carboxylic acids is 1. The first-order valence-electron chi connectivity index (χ1n) is 8.65. The Morgan fingerprint density at radius 3 is 2.58 bits per heavy atom. The number of aromatic nitrogens is 1. The van der Waals surface area contributed by atoms with Gasteiger partial charge in [-0.1, -0.05) is 25.0 Å². The number of thiazole rings is 1. The van der Waals surface area contributed by atoms with E-state index in [4.69, 9.17) is 5.11 Å². The van der Waals surface area contributed by atoms with Gasteiger partial charge in [-0.05, 0) is 30.5 Å². The number of carbonyl (C=O) groups excluding carboxylic acids is 1. The summed E-state index contributed by atoms with van der Waals surface area (Å²) in [5, 5.41) is 14.8. The van der Waals surface area contributed by atoms with Crippen LogP contribution in [0.25, 0.3) is 0 Å². The minimum Gasteiger partial charge on any atom is -0.481 e. The number of hydrogen-bond donors (Lipinski definition) is 2. The van der Waals surface area contributed by atoms with Crippen LogP contribution in [0, 0.1) is 5.82 Å². The van der Waals surface area contributed by atoms with Crippen LogP contribution in [0.15, 0.2) is 29.6 Å². The van der Waals surface area contributed by atoms with E-state index in [9.17, 15) is 14.0 Å². The number of carboxylic acid groups (broad SMARTS) is 1. The van der Waals surface area contributed by atoms with Crippen molar-refractivity contribution in [3.8, 4) is 0 Å². The third kappa shape index (κ3) is 4.88. The Kier molecular flexibility index (Phi) is 5.66. The first-order valence-corrected chi connectivity index (χ1v) is 9.53. The Morgan fingerprint density at radius 2 is 1.92 bits per heavy atom. The zero-order valence-corrected chi connectivity index (χ0v) is 15.2. The third-order valence-corrected chi connectivity index (χ3v) is 5.56. The monoisotopic (exact) mass is 376 g/mol. The fraction of sp³-hybridized carbons (Fsp3) is 0.421. The number of carbonyl (C=O) groups is 2. The molecule has 1 saturated carbocycles. The molecule has 1 aromatic heterocycles. The molecule has 2 aromatic rings. The van der Waals surface area contributed by atoms with Crippen molar-refractivity contribution in [2.24, 2.45) is 0 Å². The van der Waals surface area contributed by atoms with Gasteiger partial charge in [-0.15, -0.1) is 11.3 Å². The molecule has 1 aromatic carbocycles. The normalized spacial score (nSPS) is 15.7. The summed E-state index contributed by atoms with van der Waals surface area (Å²) in [6, 6.07) is 6.28. The van der Waals surface area contributed by atoms with Crippen LogP contribution in [0.3, 0.4) is 0 Å². The van der Waals surface area contributed by atoms with Crippen molar-refractivity contribution in [2.75, 3.05) is 0 Å². The molecule has 5 nitrogen and oxygen atoms in total. The zero-order valence-electron chi connectivity index (χ0n) is 14.3. The Labute approximate surface area is 155 Å². The molecule has 0 saturated heterocycles. The van der Waals surface area contributed by atoms with Crippen LogP contribution < -0.4 is 5.32 Å².